The molecule has 8 nitrogen and oxygen atoms in total. The molecule has 35 heavy (non-hydrogen) atoms. The number of nitrogens with zero attached hydrogens (tertiary/aromatic N) is 3. The predicted octanol–water partition coefficient (Wildman–Crippen LogP) is 2.61. The van der Waals surface area contributed by atoms with Crippen molar-refractivity contribution in [2.45, 2.75) is 12.5 Å². The van der Waals surface area contributed by atoms with E-state index in [4.69, 9.17) is 23.2 Å². The second kappa shape index (κ2) is 11.2. The zero-order valence-corrected chi connectivity index (χ0v) is 20.5. The summed E-state index contributed by atoms with van der Waals surface area (Å²) in [6, 6.07) is 10.1. The van der Waals surface area contributed by atoms with Crippen LogP contribution in [0.2, 0.25) is 10.0 Å². The van der Waals surface area contributed by atoms with Crippen molar-refractivity contribution in [1.82, 2.24) is 15.1 Å². The van der Waals surface area contributed by atoms with Crippen LogP contribution in [-0.4, -0.2) is 79.4 Å². The van der Waals surface area contributed by atoms with Crippen molar-refractivity contribution < 1.29 is 18.8 Å². The molecule has 0 spiro atoms. The van der Waals surface area contributed by atoms with E-state index in [9.17, 15) is 18.8 Å². The Morgan fingerprint density at radius 2 is 1.66 bits per heavy atom. The average Bonchev–Trinajstić information content (AvgIpc) is 2.80. The van der Waals surface area contributed by atoms with Crippen LogP contribution in [0.3, 0.4) is 0 Å². The first kappa shape index (κ1) is 25.2. The number of carbonyl (C=O) groups is 3. The minimum Gasteiger partial charge on any atom is -0.369 e. The maximum absolute atomic E-state index is 13.2. The standard InChI is InChI=1S/C24H26Cl2FN5O3/c25-16-11-17(26)13-19(12-16)29-22(33)14-21-24(35)28-5-6-32(21)23(34)15-30-7-9-31(10-8-30)20-3-1-18(27)2-4-20/h1-4,11-13,21H,5-10,14-15H2,(H,28,35)(H,29,33)/t21-/m0/s1. The first-order valence-corrected chi connectivity index (χ1v) is 12.1. The lowest BCUT2D eigenvalue weighted by molar-refractivity contribution is -0.145. The van der Waals surface area contributed by atoms with E-state index >= 15 is 0 Å². The van der Waals surface area contributed by atoms with Crippen LogP contribution < -0.4 is 15.5 Å². The normalized spacial score (nSPS) is 18.8. The van der Waals surface area contributed by atoms with Crippen LogP contribution in [0, 0.1) is 5.82 Å². The molecule has 0 aliphatic carbocycles. The van der Waals surface area contributed by atoms with Crippen LogP contribution in [0.1, 0.15) is 6.42 Å². The van der Waals surface area contributed by atoms with Gasteiger partial charge in [0.05, 0.1) is 13.0 Å². The molecule has 0 aromatic heterocycles. The SMILES string of the molecule is O=C(C[C@H]1C(=O)NCCN1C(=O)CN1CCN(c2ccc(F)cc2)CC1)Nc1cc(Cl)cc(Cl)c1. The molecular formula is C24H26Cl2FN5O3. The van der Waals surface area contributed by atoms with Crippen molar-refractivity contribution in [2.24, 2.45) is 0 Å². The highest BCUT2D eigenvalue weighted by molar-refractivity contribution is 6.35. The Hall–Kier alpha value is -2.88. The molecule has 2 aromatic carbocycles. The number of rotatable bonds is 6. The summed E-state index contributed by atoms with van der Waals surface area (Å²) in [6.45, 7) is 3.55. The monoisotopic (exact) mass is 521 g/mol. The van der Waals surface area contributed by atoms with Gasteiger partial charge in [-0.05, 0) is 42.5 Å². The molecule has 2 fully saturated rings. The van der Waals surface area contributed by atoms with Gasteiger partial charge in [-0.25, -0.2) is 4.39 Å². The third-order valence-corrected chi connectivity index (χ3v) is 6.54. The average molecular weight is 522 g/mol. The first-order valence-electron chi connectivity index (χ1n) is 11.3. The summed E-state index contributed by atoms with van der Waals surface area (Å²) in [4.78, 5) is 44.0. The van der Waals surface area contributed by atoms with Gasteiger partial charge in [0, 0.05) is 60.7 Å². The van der Waals surface area contributed by atoms with Crippen molar-refractivity contribution in [2.75, 3.05) is 56.0 Å². The molecule has 11 heteroatoms. The number of anilines is 2. The number of nitrogens with one attached hydrogen (secondary N) is 2. The largest absolute Gasteiger partial charge is 0.369 e. The van der Waals surface area contributed by atoms with Crippen LogP contribution in [0.5, 0.6) is 0 Å². The molecule has 0 radical (unpaired) electrons. The van der Waals surface area contributed by atoms with Crippen molar-refractivity contribution in [3.05, 3.63) is 58.3 Å². The summed E-state index contributed by atoms with van der Waals surface area (Å²) in [6.07, 6.45) is -0.181. The summed E-state index contributed by atoms with van der Waals surface area (Å²) in [5.74, 6) is -1.25. The third kappa shape index (κ3) is 6.62. The Bertz CT molecular complexity index is 1070. The van der Waals surface area contributed by atoms with E-state index in [0.717, 1.165) is 5.69 Å². The van der Waals surface area contributed by atoms with Gasteiger partial charge in [0.2, 0.25) is 17.7 Å². The van der Waals surface area contributed by atoms with E-state index in [2.05, 4.69) is 15.5 Å². The minimum absolute atomic E-state index is 0.159. The minimum atomic E-state index is -0.897. The van der Waals surface area contributed by atoms with E-state index in [1.165, 1.54) is 17.0 Å². The molecule has 1 atom stereocenters. The number of amides is 3. The highest BCUT2D eigenvalue weighted by Crippen LogP contribution is 2.23. The number of hydrogen-bond donors (Lipinski definition) is 2. The molecule has 0 saturated carbocycles. The lowest BCUT2D eigenvalue weighted by Crippen LogP contribution is -2.60. The van der Waals surface area contributed by atoms with Gasteiger partial charge in [-0.1, -0.05) is 23.2 Å². The zero-order chi connectivity index (χ0) is 24.9. The number of halogens is 3. The van der Waals surface area contributed by atoms with Gasteiger partial charge in [0.1, 0.15) is 11.9 Å². The molecule has 2 aliphatic rings. The first-order chi connectivity index (χ1) is 16.8. The van der Waals surface area contributed by atoms with E-state index in [1.807, 2.05) is 4.90 Å². The van der Waals surface area contributed by atoms with Gasteiger partial charge in [0.15, 0.2) is 0 Å². The van der Waals surface area contributed by atoms with Crippen molar-refractivity contribution in [3.63, 3.8) is 0 Å². The quantitative estimate of drug-likeness (QED) is 0.610. The molecule has 2 aromatic rings. The topological polar surface area (TPSA) is 85.0 Å². The Balaban J connectivity index is 1.33. The van der Waals surface area contributed by atoms with Gasteiger partial charge in [-0.15, -0.1) is 0 Å². The fourth-order valence-electron chi connectivity index (χ4n) is 4.33. The third-order valence-electron chi connectivity index (χ3n) is 6.10. The van der Waals surface area contributed by atoms with E-state index < -0.39 is 11.9 Å². The number of piperazine rings is 2. The van der Waals surface area contributed by atoms with Crippen LogP contribution in [0.4, 0.5) is 15.8 Å². The molecule has 2 aliphatic heterocycles. The molecule has 4 rings (SSSR count). The van der Waals surface area contributed by atoms with Gasteiger partial charge in [-0.2, -0.15) is 0 Å². The summed E-state index contributed by atoms with van der Waals surface area (Å²) >= 11 is 12.0. The van der Waals surface area contributed by atoms with E-state index in [1.54, 1.807) is 30.3 Å². The van der Waals surface area contributed by atoms with Gasteiger partial charge in [-0.3, -0.25) is 19.3 Å². The number of hydrogen-bond acceptors (Lipinski definition) is 5. The van der Waals surface area contributed by atoms with Gasteiger partial charge < -0.3 is 20.4 Å². The van der Waals surface area contributed by atoms with Crippen LogP contribution in [-0.2, 0) is 14.4 Å². The second-order valence-corrected chi connectivity index (χ2v) is 9.42. The maximum atomic E-state index is 13.2. The highest BCUT2D eigenvalue weighted by atomic mass is 35.5. The zero-order valence-electron chi connectivity index (χ0n) is 19.0. The molecule has 2 saturated heterocycles. The summed E-state index contributed by atoms with van der Waals surface area (Å²) < 4.78 is 13.2. The molecule has 0 bridgehead atoms. The lowest BCUT2D eigenvalue weighted by Gasteiger charge is -2.39. The molecule has 2 N–H and O–H groups in total. The number of carbonyl (C=O) groups excluding carboxylic acids is 3. The van der Waals surface area contributed by atoms with Gasteiger partial charge in [0.25, 0.3) is 0 Å². The van der Waals surface area contributed by atoms with Crippen molar-refractivity contribution >= 4 is 52.3 Å². The maximum Gasteiger partial charge on any atom is 0.243 e. The summed E-state index contributed by atoms with van der Waals surface area (Å²) in [5.41, 5.74) is 1.36. The predicted molar refractivity (Wildman–Crippen MR) is 133 cm³/mol. The molecule has 2 heterocycles. The Labute approximate surface area is 212 Å². The highest BCUT2D eigenvalue weighted by Gasteiger charge is 2.35. The van der Waals surface area contributed by atoms with Crippen LogP contribution in [0.25, 0.3) is 0 Å². The fourth-order valence-corrected chi connectivity index (χ4v) is 4.85. The van der Waals surface area contributed by atoms with Crippen molar-refractivity contribution in [1.29, 1.82) is 0 Å². The summed E-state index contributed by atoms with van der Waals surface area (Å²) in [5, 5.41) is 6.17. The molecular weight excluding hydrogens is 496 g/mol. The molecule has 186 valence electrons. The van der Waals surface area contributed by atoms with Crippen LogP contribution >= 0.6 is 23.2 Å². The van der Waals surface area contributed by atoms with E-state index in [0.29, 0.717) is 55.0 Å². The Kier molecular flexibility index (Phi) is 8.10. The Morgan fingerprint density at radius 3 is 2.31 bits per heavy atom. The smallest absolute Gasteiger partial charge is 0.243 e. The summed E-state index contributed by atoms with van der Waals surface area (Å²) in [7, 11) is 0. The van der Waals surface area contributed by atoms with E-state index in [-0.39, 0.29) is 30.6 Å². The fraction of sp³-hybridized carbons (Fsp3) is 0.375. The Morgan fingerprint density at radius 1 is 1.00 bits per heavy atom. The van der Waals surface area contributed by atoms with Crippen LogP contribution in [0.15, 0.2) is 42.5 Å². The van der Waals surface area contributed by atoms with Gasteiger partial charge >= 0.3 is 0 Å². The second-order valence-electron chi connectivity index (χ2n) is 8.54. The number of benzene rings is 2. The lowest BCUT2D eigenvalue weighted by atomic mass is 10.1. The molecule has 0 unspecified atom stereocenters. The molecule has 3 amide bonds. The van der Waals surface area contributed by atoms with Crippen molar-refractivity contribution in [3.8, 4) is 0 Å².